The molecule has 0 radical (unpaired) electrons. The van der Waals surface area contributed by atoms with Gasteiger partial charge in [-0.2, -0.15) is 0 Å². The van der Waals surface area contributed by atoms with Crippen LogP contribution in [0, 0.1) is 0 Å². The number of hydrogen-bond donors (Lipinski definition) is 1. The first-order valence-electron chi connectivity index (χ1n) is 3.56. The average Bonchev–Trinajstić information content (AvgIpc) is 2.05. The van der Waals surface area contributed by atoms with Gasteiger partial charge >= 0.3 is 6.09 Å². The number of primary amides is 1. The van der Waals surface area contributed by atoms with Crippen LogP contribution in [0.2, 0.25) is 0 Å². The molecule has 1 amide bonds. The Morgan fingerprint density at radius 3 is 3.00 bits per heavy atom. The van der Waals surface area contributed by atoms with E-state index in [4.69, 9.17) is 10.5 Å². The highest BCUT2D eigenvalue weighted by Crippen LogP contribution is 2.13. The SMILES string of the molecule is C[C@H](OC(N)=O)c1cccnc1. The third-order valence-corrected chi connectivity index (χ3v) is 1.45. The van der Waals surface area contributed by atoms with Crippen LogP contribution in [-0.4, -0.2) is 11.1 Å². The molecule has 12 heavy (non-hydrogen) atoms. The molecular formula is C8H10N2O2. The van der Waals surface area contributed by atoms with Gasteiger partial charge in [-0.25, -0.2) is 4.79 Å². The molecule has 2 N–H and O–H groups in total. The second-order valence-corrected chi connectivity index (χ2v) is 2.37. The highest BCUT2D eigenvalue weighted by atomic mass is 16.6. The van der Waals surface area contributed by atoms with Crippen LogP contribution in [0.15, 0.2) is 24.5 Å². The van der Waals surface area contributed by atoms with E-state index in [1.807, 2.05) is 6.07 Å². The van der Waals surface area contributed by atoms with Crippen LogP contribution in [0.25, 0.3) is 0 Å². The first-order chi connectivity index (χ1) is 5.70. The van der Waals surface area contributed by atoms with Crippen molar-refractivity contribution >= 4 is 6.09 Å². The Morgan fingerprint density at radius 2 is 2.50 bits per heavy atom. The molecule has 1 heterocycles. The van der Waals surface area contributed by atoms with Crippen LogP contribution >= 0.6 is 0 Å². The van der Waals surface area contributed by atoms with Crippen molar-refractivity contribution in [2.45, 2.75) is 13.0 Å². The van der Waals surface area contributed by atoms with Gasteiger partial charge in [0.2, 0.25) is 0 Å². The van der Waals surface area contributed by atoms with Crippen molar-refractivity contribution in [2.24, 2.45) is 5.73 Å². The minimum absolute atomic E-state index is 0.337. The first-order valence-corrected chi connectivity index (χ1v) is 3.56. The Bertz CT molecular complexity index is 261. The Kier molecular flexibility index (Phi) is 2.63. The highest BCUT2D eigenvalue weighted by molar-refractivity contribution is 5.64. The quantitative estimate of drug-likeness (QED) is 0.718. The molecule has 1 rings (SSSR count). The lowest BCUT2D eigenvalue weighted by Crippen LogP contribution is -2.15. The molecule has 0 aliphatic heterocycles. The van der Waals surface area contributed by atoms with Gasteiger partial charge in [-0.1, -0.05) is 6.07 Å². The largest absolute Gasteiger partial charge is 0.442 e. The molecule has 0 spiro atoms. The number of amides is 1. The summed E-state index contributed by atoms with van der Waals surface area (Å²) in [6.45, 7) is 1.74. The van der Waals surface area contributed by atoms with E-state index in [0.717, 1.165) is 5.56 Å². The molecule has 64 valence electrons. The van der Waals surface area contributed by atoms with Crippen LogP contribution in [0.3, 0.4) is 0 Å². The van der Waals surface area contributed by atoms with Gasteiger partial charge in [-0.3, -0.25) is 4.98 Å². The molecule has 0 unspecified atom stereocenters. The van der Waals surface area contributed by atoms with Gasteiger partial charge in [0, 0.05) is 18.0 Å². The summed E-state index contributed by atoms with van der Waals surface area (Å²) in [4.78, 5) is 14.2. The van der Waals surface area contributed by atoms with Crippen LogP contribution in [0.5, 0.6) is 0 Å². The molecular weight excluding hydrogens is 156 g/mol. The van der Waals surface area contributed by atoms with Gasteiger partial charge in [0.05, 0.1) is 0 Å². The maximum absolute atomic E-state index is 10.4. The number of nitrogens with two attached hydrogens (primary N) is 1. The zero-order valence-corrected chi connectivity index (χ0v) is 6.73. The lowest BCUT2D eigenvalue weighted by atomic mass is 10.2. The molecule has 0 saturated heterocycles. The van der Waals surface area contributed by atoms with E-state index in [-0.39, 0.29) is 6.10 Å². The Morgan fingerprint density at radius 1 is 1.75 bits per heavy atom. The van der Waals surface area contributed by atoms with Crippen molar-refractivity contribution in [3.8, 4) is 0 Å². The maximum atomic E-state index is 10.4. The summed E-state index contributed by atoms with van der Waals surface area (Å²) in [6, 6.07) is 3.59. The van der Waals surface area contributed by atoms with Gasteiger partial charge in [-0.15, -0.1) is 0 Å². The van der Waals surface area contributed by atoms with Gasteiger partial charge < -0.3 is 10.5 Å². The summed E-state index contributed by atoms with van der Waals surface area (Å²) >= 11 is 0. The van der Waals surface area contributed by atoms with Gasteiger partial charge in [-0.05, 0) is 13.0 Å². The second-order valence-electron chi connectivity index (χ2n) is 2.37. The van der Waals surface area contributed by atoms with E-state index in [1.165, 1.54) is 0 Å². The molecule has 4 heteroatoms. The number of carbonyl (C=O) groups is 1. The smallest absolute Gasteiger partial charge is 0.405 e. The second kappa shape index (κ2) is 3.71. The highest BCUT2D eigenvalue weighted by Gasteiger charge is 2.07. The average molecular weight is 166 g/mol. The third-order valence-electron chi connectivity index (χ3n) is 1.45. The van der Waals surface area contributed by atoms with Crippen LogP contribution in [0.4, 0.5) is 4.79 Å². The zero-order chi connectivity index (χ0) is 8.97. The van der Waals surface area contributed by atoms with Gasteiger partial charge in [0.25, 0.3) is 0 Å². The minimum atomic E-state index is -0.772. The van der Waals surface area contributed by atoms with Crippen LogP contribution in [-0.2, 0) is 4.74 Å². The fourth-order valence-electron chi connectivity index (χ4n) is 0.859. The molecule has 0 fully saturated rings. The van der Waals surface area contributed by atoms with E-state index in [9.17, 15) is 4.79 Å². The monoisotopic (exact) mass is 166 g/mol. The topological polar surface area (TPSA) is 65.2 Å². The Labute approximate surface area is 70.4 Å². The van der Waals surface area contributed by atoms with E-state index < -0.39 is 6.09 Å². The minimum Gasteiger partial charge on any atom is -0.442 e. The van der Waals surface area contributed by atoms with Crippen molar-refractivity contribution in [1.29, 1.82) is 0 Å². The van der Waals surface area contributed by atoms with Crippen molar-refractivity contribution in [1.82, 2.24) is 4.98 Å². The molecule has 1 aromatic rings. The predicted octanol–water partition coefficient (Wildman–Crippen LogP) is 1.24. The van der Waals surface area contributed by atoms with E-state index in [0.29, 0.717) is 0 Å². The summed E-state index contributed by atoms with van der Waals surface area (Å²) in [5.74, 6) is 0. The number of ether oxygens (including phenoxy) is 1. The van der Waals surface area contributed by atoms with E-state index >= 15 is 0 Å². The first kappa shape index (κ1) is 8.52. The van der Waals surface area contributed by atoms with Crippen molar-refractivity contribution in [2.75, 3.05) is 0 Å². The molecule has 0 bridgehead atoms. The fourth-order valence-corrected chi connectivity index (χ4v) is 0.859. The summed E-state index contributed by atoms with van der Waals surface area (Å²) < 4.78 is 4.74. The molecule has 0 aliphatic carbocycles. The summed E-state index contributed by atoms with van der Waals surface area (Å²) in [6.07, 6.45) is 2.18. The molecule has 0 aromatic carbocycles. The van der Waals surface area contributed by atoms with Gasteiger partial charge in [0.1, 0.15) is 6.10 Å². The van der Waals surface area contributed by atoms with Gasteiger partial charge in [0.15, 0.2) is 0 Å². The number of carbonyl (C=O) groups excluding carboxylic acids is 1. The molecule has 0 aliphatic rings. The third kappa shape index (κ3) is 2.23. The summed E-state index contributed by atoms with van der Waals surface area (Å²) in [5.41, 5.74) is 5.68. The number of rotatable bonds is 2. The number of nitrogens with zero attached hydrogens (tertiary/aromatic N) is 1. The van der Waals surface area contributed by atoms with Crippen molar-refractivity contribution in [3.63, 3.8) is 0 Å². The molecule has 1 atom stereocenters. The van der Waals surface area contributed by atoms with Crippen molar-refractivity contribution < 1.29 is 9.53 Å². The number of aromatic nitrogens is 1. The number of pyridine rings is 1. The normalized spacial score (nSPS) is 12.1. The fraction of sp³-hybridized carbons (Fsp3) is 0.250. The lowest BCUT2D eigenvalue weighted by molar-refractivity contribution is 0.116. The zero-order valence-electron chi connectivity index (χ0n) is 6.73. The van der Waals surface area contributed by atoms with E-state index in [1.54, 1.807) is 25.4 Å². The maximum Gasteiger partial charge on any atom is 0.405 e. The van der Waals surface area contributed by atoms with Crippen LogP contribution < -0.4 is 5.73 Å². The summed E-state index contributed by atoms with van der Waals surface area (Å²) in [7, 11) is 0. The standard InChI is InChI=1S/C8H10N2O2/c1-6(12-8(9)11)7-3-2-4-10-5-7/h2-6H,1H3,(H2,9,11)/t6-/m0/s1. The molecule has 4 nitrogen and oxygen atoms in total. The van der Waals surface area contributed by atoms with E-state index in [2.05, 4.69) is 4.98 Å². The van der Waals surface area contributed by atoms with Crippen molar-refractivity contribution in [3.05, 3.63) is 30.1 Å². The lowest BCUT2D eigenvalue weighted by Gasteiger charge is -2.09. The summed E-state index contributed by atoms with van der Waals surface area (Å²) in [5, 5.41) is 0. The predicted molar refractivity (Wildman–Crippen MR) is 43.3 cm³/mol. The molecule has 1 aromatic heterocycles. The Balaban J connectivity index is 2.65. The number of hydrogen-bond acceptors (Lipinski definition) is 3. The Hall–Kier alpha value is -1.58. The molecule has 0 saturated carbocycles. The van der Waals surface area contributed by atoms with Crippen LogP contribution in [0.1, 0.15) is 18.6 Å².